The van der Waals surface area contributed by atoms with Crippen LogP contribution in [0.2, 0.25) is 0 Å². The minimum atomic E-state index is -3.37. The lowest BCUT2D eigenvalue weighted by molar-refractivity contribution is 0.0894. The lowest BCUT2D eigenvalue weighted by Gasteiger charge is -2.32. The van der Waals surface area contributed by atoms with E-state index in [4.69, 9.17) is 4.42 Å². The maximum absolute atomic E-state index is 12.0. The van der Waals surface area contributed by atoms with Crippen LogP contribution in [0.3, 0.4) is 0 Å². The van der Waals surface area contributed by atoms with Crippen LogP contribution in [-0.2, 0) is 10.2 Å². The molecule has 118 valence electrons. The SMILES string of the molecule is CN(C)S(=O)(=O)N1CCC(NC(=O)c2ccc(Br)o2)CC1. The van der Waals surface area contributed by atoms with Crippen LogP contribution in [0, 0.1) is 0 Å². The molecule has 1 aliphatic heterocycles. The number of halogens is 1. The quantitative estimate of drug-likeness (QED) is 0.846. The van der Waals surface area contributed by atoms with E-state index >= 15 is 0 Å². The second kappa shape index (κ2) is 6.47. The van der Waals surface area contributed by atoms with E-state index in [9.17, 15) is 13.2 Å². The van der Waals surface area contributed by atoms with Gasteiger partial charge in [0.15, 0.2) is 10.4 Å². The van der Waals surface area contributed by atoms with Crippen LogP contribution in [-0.4, -0.2) is 56.2 Å². The molecule has 0 saturated carbocycles. The molecule has 1 fully saturated rings. The Morgan fingerprint density at radius 3 is 2.48 bits per heavy atom. The maximum Gasteiger partial charge on any atom is 0.287 e. The number of hydrogen-bond donors (Lipinski definition) is 1. The molecule has 7 nitrogen and oxygen atoms in total. The number of nitrogens with zero attached hydrogens (tertiary/aromatic N) is 2. The third-order valence-electron chi connectivity index (χ3n) is 3.37. The molecule has 0 atom stereocenters. The molecule has 1 amide bonds. The van der Waals surface area contributed by atoms with Gasteiger partial charge in [0.05, 0.1) is 0 Å². The van der Waals surface area contributed by atoms with Gasteiger partial charge < -0.3 is 9.73 Å². The van der Waals surface area contributed by atoms with Crippen LogP contribution >= 0.6 is 15.9 Å². The average Bonchev–Trinajstić information content (AvgIpc) is 2.86. The molecule has 0 spiro atoms. The third kappa shape index (κ3) is 3.85. The van der Waals surface area contributed by atoms with Gasteiger partial charge in [0.2, 0.25) is 0 Å². The Morgan fingerprint density at radius 2 is 2.00 bits per heavy atom. The van der Waals surface area contributed by atoms with E-state index in [1.165, 1.54) is 22.7 Å². The summed E-state index contributed by atoms with van der Waals surface area (Å²) in [6.07, 6.45) is 1.17. The van der Waals surface area contributed by atoms with Gasteiger partial charge in [-0.1, -0.05) is 0 Å². The van der Waals surface area contributed by atoms with Crippen molar-refractivity contribution in [1.29, 1.82) is 0 Å². The lowest BCUT2D eigenvalue weighted by atomic mass is 10.1. The zero-order valence-corrected chi connectivity index (χ0v) is 14.3. The van der Waals surface area contributed by atoms with Gasteiger partial charge in [0.1, 0.15) is 0 Å². The summed E-state index contributed by atoms with van der Waals surface area (Å²) in [5, 5.41) is 2.86. The highest BCUT2D eigenvalue weighted by Crippen LogP contribution is 2.17. The topological polar surface area (TPSA) is 82.9 Å². The second-order valence-corrected chi connectivity index (χ2v) is 7.96. The molecular weight excluding hydrogens is 362 g/mol. The number of rotatable bonds is 4. The molecule has 1 aliphatic rings. The molecule has 0 aliphatic carbocycles. The zero-order valence-electron chi connectivity index (χ0n) is 11.9. The highest BCUT2D eigenvalue weighted by Gasteiger charge is 2.30. The van der Waals surface area contributed by atoms with E-state index in [2.05, 4.69) is 21.2 Å². The summed E-state index contributed by atoms with van der Waals surface area (Å²) in [5.74, 6) is -0.0418. The Kier molecular flexibility index (Phi) is 5.07. The lowest BCUT2D eigenvalue weighted by Crippen LogP contribution is -2.49. The van der Waals surface area contributed by atoms with Crippen molar-refractivity contribution in [3.05, 3.63) is 22.6 Å². The first-order valence-electron chi connectivity index (χ1n) is 6.54. The van der Waals surface area contributed by atoms with Gasteiger partial charge >= 0.3 is 0 Å². The average molecular weight is 380 g/mol. The zero-order chi connectivity index (χ0) is 15.6. The Labute approximate surface area is 132 Å². The van der Waals surface area contributed by atoms with Crippen molar-refractivity contribution in [1.82, 2.24) is 13.9 Å². The second-order valence-electron chi connectivity index (χ2n) is 5.04. The number of furan rings is 1. The van der Waals surface area contributed by atoms with Gasteiger partial charge in [0, 0.05) is 33.2 Å². The summed E-state index contributed by atoms with van der Waals surface area (Å²) in [5.41, 5.74) is 0. The van der Waals surface area contributed by atoms with Crippen molar-refractivity contribution in [2.75, 3.05) is 27.2 Å². The predicted octanol–water partition coefficient (Wildman–Crippen LogP) is 1.04. The molecule has 0 aromatic carbocycles. The van der Waals surface area contributed by atoms with E-state index in [1.54, 1.807) is 12.1 Å². The van der Waals surface area contributed by atoms with Gasteiger partial charge in [-0.05, 0) is 40.9 Å². The Balaban J connectivity index is 1.89. The normalized spacial score (nSPS) is 18.1. The molecule has 0 unspecified atom stereocenters. The Morgan fingerprint density at radius 1 is 1.38 bits per heavy atom. The highest BCUT2D eigenvalue weighted by atomic mass is 79.9. The largest absolute Gasteiger partial charge is 0.444 e. The summed E-state index contributed by atoms with van der Waals surface area (Å²) in [4.78, 5) is 11.9. The van der Waals surface area contributed by atoms with E-state index in [1.807, 2.05) is 0 Å². The van der Waals surface area contributed by atoms with Crippen LogP contribution in [0.25, 0.3) is 0 Å². The fourth-order valence-electron chi connectivity index (χ4n) is 2.15. The minimum absolute atomic E-state index is 0.0463. The molecule has 21 heavy (non-hydrogen) atoms. The Hall–Kier alpha value is -0.900. The summed E-state index contributed by atoms with van der Waals surface area (Å²) in [6, 6.07) is 3.20. The smallest absolute Gasteiger partial charge is 0.287 e. The first-order valence-corrected chi connectivity index (χ1v) is 8.73. The van der Waals surface area contributed by atoms with Gasteiger partial charge in [-0.15, -0.1) is 0 Å². The molecule has 1 N–H and O–H groups in total. The van der Waals surface area contributed by atoms with Crippen molar-refractivity contribution in [3.63, 3.8) is 0 Å². The molecule has 1 aromatic heterocycles. The van der Waals surface area contributed by atoms with Crippen molar-refractivity contribution >= 4 is 32.0 Å². The van der Waals surface area contributed by atoms with Gasteiger partial charge in [-0.3, -0.25) is 4.79 Å². The molecule has 2 heterocycles. The maximum atomic E-state index is 12.0. The van der Waals surface area contributed by atoms with E-state index < -0.39 is 10.2 Å². The summed E-state index contributed by atoms with van der Waals surface area (Å²) >= 11 is 3.14. The summed E-state index contributed by atoms with van der Waals surface area (Å²) in [7, 11) is -0.348. The van der Waals surface area contributed by atoms with Crippen molar-refractivity contribution in [2.24, 2.45) is 0 Å². The summed E-state index contributed by atoms with van der Waals surface area (Å²) < 4.78 is 32.3. The molecule has 1 aromatic rings. The van der Waals surface area contributed by atoms with Crippen molar-refractivity contribution in [3.8, 4) is 0 Å². The van der Waals surface area contributed by atoms with Gasteiger partial charge in [0.25, 0.3) is 16.1 Å². The Bertz CT molecular complexity index is 606. The monoisotopic (exact) mass is 379 g/mol. The number of hydrogen-bond acceptors (Lipinski definition) is 4. The highest BCUT2D eigenvalue weighted by molar-refractivity contribution is 9.10. The van der Waals surface area contributed by atoms with Crippen LogP contribution in [0.5, 0.6) is 0 Å². The van der Waals surface area contributed by atoms with Crippen LogP contribution in [0.15, 0.2) is 21.2 Å². The number of carbonyl (C=O) groups excluding carboxylic acids is 1. The van der Waals surface area contributed by atoms with E-state index in [-0.39, 0.29) is 17.7 Å². The number of carbonyl (C=O) groups is 1. The van der Waals surface area contributed by atoms with Crippen LogP contribution in [0.1, 0.15) is 23.4 Å². The molecule has 2 rings (SSSR count). The van der Waals surface area contributed by atoms with Crippen LogP contribution < -0.4 is 5.32 Å². The van der Waals surface area contributed by atoms with E-state index in [0.29, 0.717) is 30.6 Å². The van der Waals surface area contributed by atoms with Gasteiger partial charge in [-0.2, -0.15) is 17.0 Å². The minimum Gasteiger partial charge on any atom is -0.444 e. The fraction of sp³-hybridized carbons (Fsp3) is 0.583. The molecule has 0 bridgehead atoms. The molecule has 9 heteroatoms. The molecule has 1 saturated heterocycles. The predicted molar refractivity (Wildman–Crippen MR) is 81.1 cm³/mol. The third-order valence-corrected chi connectivity index (χ3v) is 5.74. The standard InChI is InChI=1S/C12H18BrN3O4S/c1-15(2)21(18,19)16-7-5-9(6-8-16)14-12(17)10-3-4-11(13)20-10/h3-4,9H,5-8H2,1-2H3,(H,14,17). The van der Waals surface area contributed by atoms with Gasteiger partial charge in [-0.25, -0.2) is 0 Å². The molecule has 0 radical (unpaired) electrons. The summed E-state index contributed by atoms with van der Waals surface area (Å²) in [6.45, 7) is 0.792. The fourth-order valence-corrected chi connectivity index (χ4v) is 3.60. The van der Waals surface area contributed by atoms with E-state index in [0.717, 1.165) is 0 Å². The van der Waals surface area contributed by atoms with Crippen LogP contribution in [0.4, 0.5) is 0 Å². The first kappa shape index (κ1) is 16.5. The molecular formula is C12H18BrN3O4S. The first-order chi connectivity index (χ1) is 9.80. The number of nitrogens with one attached hydrogen (secondary N) is 1. The van der Waals surface area contributed by atoms with Crippen molar-refractivity contribution in [2.45, 2.75) is 18.9 Å². The number of amides is 1. The van der Waals surface area contributed by atoms with Crippen molar-refractivity contribution < 1.29 is 17.6 Å². The number of piperidine rings is 1.